The van der Waals surface area contributed by atoms with Gasteiger partial charge in [0.15, 0.2) is 5.96 Å². The molecule has 0 spiro atoms. The summed E-state index contributed by atoms with van der Waals surface area (Å²) in [4.78, 5) is 6.59. The average molecular weight is 265 g/mol. The molecule has 3 heteroatoms. The molecule has 3 nitrogen and oxygen atoms in total. The summed E-state index contributed by atoms with van der Waals surface area (Å²) in [6, 6.07) is 21.1. The molecule has 0 amide bonds. The third-order valence-electron chi connectivity index (χ3n) is 3.96. The van der Waals surface area contributed by atoms with Crippen molar-refractivity contribution in [2.75, 3.05) is 11.4 Å². The summed E-state index contributed by atoms with van der Waals surface area (Å²) in [6.45, 7) is 2.99. The summed E-state index contributed by atoms with van der Waals surface area (Å²) >= 11 is 0. The van der Waals surface area contributed by atoms with Crippen LogP contribution in [0.1, 0.15) is 18.4 Å². The molecule has 2 N–H and O–H groups in total. The molecule has 2 aromatic rings. The van der Waals surface area contributed by atoms with Crippen molar-refractivity contribution in [3.05, 3.63) is 66.2 Å². The van der Waals surface area contributed by atoms with E-state index >= 15 is 0 Å². The minimum atomic E-state index is 0.278. The monoisotopic (exact) mass is 265 g/mol. The maximum atomic E-state index is 6.09. The molecule has 2 unspecified atom stereocenters. The smallest absolute Gasteiger partial charge is 0.196 e. The Labute approximate surface area is 119 Å². The lowest BCUT2D eigenvalue weighted by Crippen LogP contribution is -2.43. The Hall–Kier alpha value is -2.29. The highest BCUT2D eigenvalue weighted by Crippen LogP contribution is 2.30. The Morgan fingerprint density at radius 2 is 1.65 bits per heavy atom. The van der Waals surface area contributed by atoms with Gasteiger partial charge < -0.3 is 10.6 Å². The molecule has 2 atom stereocenters. The van der Waals surface area contributed by atoms with Gasteiger partial charge in [0.1, 0.15) is 0 Å². The second kappa shape index (κ2) is 5.37. The second-order valence-electron chi connectivity index (χ2n) is 5.17. The molecule has 0 saturated heterocycles. The first kappa shape index (κ1) is 12.7. The fraction of sp³-hybridized carbons (Fsp3) is 0.235. The predicted molar refractivity (Wildman–Crippen MR) is 84.1 cm³/mol. The maximum Gasteiger partial charge on any atom is 0.196 e. The lowest BCUT2D eigenvalue weighted by atomic mass is 9.92. The van der Waals surface area contributed by atoms with Crippen LogP contribution in [0.15, 0.2) is 65.7 Å². The summed E-state index contributed by atoms with van der Waals surface area (Å²) in [7, 11) is 0. The molecule has 2 aromatic carbocycles. The Morgan fingerprint density at radius 3 is 2.30 bits per heavy atom. The van der Waals surface area contributed by atoms with Crippen LogP contribution in [0.5, 0.6) is 0 Å². The Balaban J connectivity index is 1.90. The molecule has 0 radical (unpaired) electrons. The standard InChI is InChI=1S/C17H19N3/c1-13(14-8-4-2-5-9-14)16-12-19-17(18)20(16)15-10-6-3-7-11-15/h2-11,13,16H,12H2,1H3,(H2,18,19). The van der Waals surface area contributed by atoms with Crippen LogP contribution in [0.2, 0.25) is 0 Å². The van der Waals surface area contributed by atoms with Crippen LogP contribution in [-0.4, -0.2) is 18.5 Å². The van der Waals surface area contributed by atoms with E-state index in [0.29, 0.717) is 11.9 Å². The molecule has 0 saturated carbocycles. The van der Waals surface area contributed by atoms with Crippen LogP contribution in [0.25, 0.3) is 0 Å². The number of rotatable bonds is 3. The van der Waals surface area contributed by atoms with Crippen molar-refractivity contribution in [1.29, 1.82) is 0 Å². The van der Waals surface area contributed by atoms with Crippen molar-refractivity contribution in [2.45, 2.75) is 18.9 Å². The van der Waals surface area contributed by atoms with E-state index in [1.807, 2.05) is 24.3 Å². The zero-order valence-corrected chi connectivity index (χ0v) is 11.6. The predicted octanol–water partition coefficient (Wildman–Crippen LogP) is 2.99. The molecule has 20 heavy (non-hydrogen) atoms. The van der Waals surface area contributed by atoms with Gasteiger partial charge >= 0.3 is 0 Å². The molecular formula is C17H19N3. The zero-order chi connectivity index (χ0) is 13.9. The molecule has 1 aliphatic heterocycles. The molecule has 1 heterocycles. The van der Waals surface area contributed by atoms with E-state index in [2.05, 4.69) is 53.2 Å². The number of hydrogen-bond donors (Lipinski definition) is 1. The van der Waals surface area contributed by atoms with E-state index in [4.69, 9.17) is 5.73 Å². The highest BCUT2D eigenvalue weighted by Gasteiger charge is 2.32. The highest BCUT2D eigenvalue weighted by atomic mass is 15.3. The second-order valence-corrected chi connectivity index (χ2v) is 5.17. The van der Waals surface area contributed by atoms with E-state index in [-0.39, 0.29) is 6.04 Å². The van der Waals surface area contributed by atoms with Gasteiger partial charge in [-0.25, -0.2) is 0 Å². The van der Waals surface area contributed by atoms with Crippen LogP contribution in [-0.2, 0) is 0 Å². The van der Waals surface area contributed by atoms with Crippen LogP contribution in [0.4, 0.5) is 5.69 Å². The Morgan fingerprint density at radius 1 is 1.05 bits per heavy atom. The topological polar surface area (TPSA) is 41.6 Å². The molecule has 0 aliphatic carbocycles. The van der Waals surface area contributed by atoms with Gasteiger partial charge in [-0.1, -0.05) is 55.5 Å². The van der Waals surface area contributed by atoms with Crippen LogP contribution in [0, 0.1) is 0 Å². The summed E-state index contributed by atoms with van der Waals surface area (Å²) in [6.07, 6.45) is 0. The SMILES string of the molecule is CC(c1ccccc1)C1CN=C(N)N1c1ccccc1. The first-order valence-electron chi connectivity index (χ1n) is 6.96. The molecule has 0 aromatic heterocycles. The van der Waals surface area contributed by atoms with E-state index in [1.165, 1.54) is 5.56 Å². The first-order chi connectivity index (χ1) is 9.77. The van der Waals surface area contributed by atoms with E-state index < -0.39 is 0 Å². The molecular weight excluding hydrogens is 246 g/mol. The van der Waals surface area contributed by atoms with Gasteiger partial charge in [-0.05, 0) is 17.7 Å². The number of nitrogens with two attached hydrogens (primary N) is 1. The summed E-state index contributed by atoms with van der Waals surface area (Å²) in [5, 5.41) is 0. The number of hydrogen-bond acceptors (Lipinski definition) is 3. The van der Waals surface area contributed by atoms with Crippen molar-refractivity contribution in [2.24, 2.45) is 10.7 Å². The van der Waals surface area contributed by atoms with Crippen molar-refractivity contribution >= 4 is 11.6 Å². The number of nitrogens with zero attached hydrogens (tertiary/aromatic N) is 2. The summed E-state index contributed by atoms with van der Waals surface area (Å²) in [5.74, 6) is 0.991. The molecule has 3 rings (SSSR count). The lowest BCUT2D eigenvalue weighted by Gasteiger charge is -2.31. The van der Waals surface area contributed by atoms with Crippen LogP contribution in [0.3, 0.4) is 0 Å². The van der Waals surface area contributed by atoms with E-state index in [1.54, 1.807) is 0 Å². The van der Waals surface area contributed by atoms with Gasteiger partial charge in [-0.2, -0.15) is 0 Å². The van der Waals surface area contributed by atoms with Crippen molar-refractivity contribution in [1.82, 2.24) is 0 Å². The van der Waals surface area contributed by atoms with Gasteiger partial charge in [0.05, 0.1) is 12.6 Å². The van der Waals surface area contributed by atoms with Gasteiger partial charge in [0.25, 0.3) is 0 Å². The van der Waals surface area contributed by atoms with Gasteiger partial charge in [-0.15, -0.1) is 0 Å². The zero-order valence-electron chi connectivity index (χ0n) is 11.6. The summed E-state index contributed by atoms with van der Waals surface area (Å²) < 4.78 is 0. The minimum Gasteiger partial charge on any atom is -0.370 e. The fourth-order valence-corrected chi connectivity index (χ4v) is 2.79. The van der Waals surface area contributed by atoms with Gasteiger partial charge in [-0.3, -0.25) is 4.99 Å². The van der Waals surface area contributed by atoms with Gasteiger partial charge in [0, 0.05) is 11.6 Å². The fourth-order valence-electron chi connectivity index (χ4n) is 2.79. The third kappa shape index (κ3) is 2.27. The number of anilines is 1. The number of para-hydroxylation sites is 1. The van der Waals surface area contributed by atoms with Crippen LogP contribution < -0.4 is 10.6 Å². The minimum absolute atomic E-state index is 0.278. The molecule has 0 fully saturated rings. The maximum absolute atomic E-state index is 6.09. The van der Waals surface area contributed by atoms with Crippen molar-refractivity contribution in [3.63, 3.8) is 0 Å². The molecule has 102 valence electrons. The third-order valence-corrected chi connectivity index (χ3v) is 3.96. The quantitative estimate of drug-likeness (QED) is 0.927. The Kier molecular flexibility index (Phi) is 3.42. The first-order valence-corrected chi connectivity index (χ1v) is 6.96. The van der Waals surface area contributed by atoms with Crippen molar-refractivity contribution < 1.29 is 0 Å². The Bertz CT molecular complexity index is 592. The van der Waals surface area contributed by atoms with Crippen molar-refractivity contribution in [3.8, 4) is 0 Å². The number of benzene rings is 2. The number of aliphatic imine (C=N–C) groups is 1. The average Bonchev–Trinajstić information content (AvgIpc) is 2.90. The van der Waals surface area contributed by atoms with Gasteiger partial charge in [0.2, 0.25) is 0 Å². The highest BCUT2D eigenvalue weighted by molar-refractivity contribution is 5.97. The molecule has 0 bridgehead atoms. The van der Waals surface area contributed by atoms with Crippen LogP contribution >= 0.6 is 0 Å². The van der Waals surface area contributed by atoms with E-state index in [0.717, 1.165) is 12.2 Å². The molecule has 1 aliphatic rings. The largest absolute Gasteiger partial charge is 0.370 e. The summed E-state index contributed by atoms with van der Waals surface area (Å²) in [5.41, 5.74) is 8.53. The number of guanidine groups is 1. The van der Waals surface area contributed by atoms with E-state index in [9.17, 15) is 0 Å². The normalized spacial score (nSPS) is 19.8. The lowest BCUT2D eigenvalue weighted by molar-refractivity contribution is 0.595.